The number of hydrogen-bond donors (Lipinski definition) is 0. The molecule has 0 saturated carbocycles. The van der Waals surface area contributed by atoms with Crippen LogP contribution < -0.4 is 43.4 Å². The first-order valence-corrected chi connectivity index (χ1v) is 14.7. The van der Waals surface area contributed by atoms with Crippen molar-refractivity contribution in [3.8, 4) is 11.5 Å². The molecule has 10 nitrogen and oxygen atoms in total. The molecular formula is C32H44Br2N4O6. The molecule has 0 atom stereocenters. The molecule has 3 aromatic rings. The molecule has 0 fully saturated rings. The molecule has 0 saturated heterocycles. The Balaban J connectivity index is 0.00000484. The van der Waals surface area contributed by atoms with Crippen LogP contribution in [0.15, 0.2) is 72.8 Å². The van der Waals surface area contributed by atoms with Crippen molar-refractivity contribution in [1.82, 2.24) is 0 Å². The first-order valence-electron chi connectivity index (χ1n) is 14.7. The SMILES string of the molecule is CC[N+](CC)(CCOc1ccc(OCC[N+](CC)(CC)Cc2ccc([N+](=O)[O-])cc2)cc1)Cc1ccc([N+](=O)[O-])cc1.[Br-].[Br-]. The summed E-state index contributed by atoms with van der Waals surface area (Å²) in [4.78, 5) is 21.2. The molecule has 0 aliphatic heterocycles. The highest BCUT2D eigenvalue weighted by molar-refractivity contribution is 5.33. The van der Waals surface area contributed by atoms with E-state index in [2.05, 4.69) is 27.7 Å². The lowest BCUT2D eigenvalue weighted by Gasteiger charge is -2.37. The summed E-state index contributed by atoms with van der Waals surface area (Å²) in [5.74, 6) is 1.57. The molecule has 3 rings (SSSR count). The Hall–Kier alpha value is -3.06. The molecule has 0 N–H and O–H groups in total. The van der Waals surface area contributed by atoms with Crippen LogP contribution in [0.3, 0.4) is 0 Å². The van der Waals surface area contributed by atoms with Crippen LogP contribution in [0.25, 0.3) is 0 Å². The molecule has 0 radical (unpaired) electrons. The molecule has 0 aromatic heterocycles. The number of nitro benzene ring substituents is 2. The minimum absolute atomic E-state index is 0. The molecule has 0 aliphatic rings. The van der Waals surface area contributed by atoms with Crippen LogP contribution >= 0.6 is 0 Å². The summed E-state index contributed by atoms with van der Waals surface area (Å²) in [6.45, 7) is 16.7. The highest BCUT2D eigenvalue weighted by Gasteiger charge is 2.25. The zero-order chi connectivity index (χ0) is 30.6. The summed E-state index contributed by atoms with van der Waals surface area (Å²) >= 11 is 0. The van der Waals surface area contributed by atoms with Crippen molar-refractivity contribution in [2.45, 2.75) is 40.8 Å². The fourth-order valence-electron chi connectivity index (χ4n) is 5.25. The predicted octanol–water partition coefficient (Wildman–Crippen LogP) is 0.382. The van der Waals surface area contributed by atoms with Crippen molar-refractivity contribution in [3.05, 3.63) is 104 Å². The van der Waals surface area contributed by atoms with Gasteiger partial charge in [-0.25, -0.2) is 0 Å². The van der Waals surface area contributed by atoms with Crippen LogP contribution in [-0.4, -0.2) is 71.3 Å². The maximum Gasteiger partial charge on any atom is 0.269 e. The first kappa shape index (κ1) is 39.0. The third kappa shape index (κ3) is 11.1. The van der Waals surface area contributed by atoms with Gasteiger partial charge in [0.05, 0.1) is 36.0 Å². The van der Waals surface area contributed by atoms with Gasteiger partial charge < -0.3 is 52.4 Å². The van der Waals surface area contributed by atoms with E-state index in [4.69, 9.17) is 9.47 Å². The molecule has 3 aromatic carbocycles. The maximum absolute atomic E-state index is 11.0. The lowest BCUT2D eigenvalue weighted by Crippen LogP contribution is -3.00. The van der Waals surface area contributed by atoms with Gasteiger partial charge in [0, 0.05) is 35.4 Å². The molecular weight excluding hydrogens is 696 g/mol. The predicted molar refractivity (Wildman–Crippen MR) is 163 cm³/mol. The fourth-order valence-corrected chi connectivity index (χ4v) is 5.25. The first-order chi connectivity index (χ1) is 20.2. The van der Waals surface area contributed by atoms with Crippen molar-refractivity contribution >= 4 is 11.4 Å². The van der Waals surface area contributed by atoms with Gasteiger partial charge in [-0.15, -0.1) is 0 Å². The number of likely N-dealkylation sites (N-methyl/N-ethyl adjacent to an activating group) is 2. The Morgan fingerprint density at radius 1 is 0.545 bits per heavy atom. The average molecular weight is 741 g/mol. The minimum atomic E-state index is -0.372. The van der Waals surface area contributed by atoms with E-state index in [0.717, 1.165) is 84.0 Å². The number of benzene rings is 3. The summed E-state index contributed by atoms with van der Waals surface area (Å²) in [5, 5.41) is 21.9. The van der Waals surface area contributed by atoms with Crippen LogP contribution in [0.5, 0.6) is 11.5 Å². The van der Waals surface area contributed by atoms with E-state index in [1.807, 2.05) is 48.5 Å². The van der Waals surface area contributed by atoms with Crippen LogP contribution in [0.1, 0.15) is 38.8 Å². The lowest BCUT2D eigenvalue weighted by molar-refractivity contribution is -0.937. The highest BCUT2D eigenvalue weighted by atomic mass is 79.9. The Morgan fingerprint density at radius 3 is 1.09 bits per heavy atom. The van der Waals surface area contributed by atoms with Gasteiger partial charge in [-0.1, -0.05) is 0 Å². The molecule has 12 heteroatoms. The highest BCUT2D eigenvalue weighted by Crippen LogP contribution is 2.22. The number of halogens is 2. The van der Waals surface area contributed by atoms with E-state index >= 15 is 0 Å². The van der Waals surface area contributed by atoms with Crippen LogP contribution in [0.2, 0.25) is 0 Å². The molecule has 0 amide bonds. The van der Waals surface area contributed by atoms with Gasteiger partial charge in [0.15, 0.2) is 0 Å². The van der Waals surface area contributed by atoms with E-state index in [9.17, 15) is 20.2 Å². The van der Waals surface area contributed by atoms with Gasteiger partial charge in [-0.2, -0.15) is 0 Å². The topological polar surface area (TPSA) is 105 Å². The summed E-state index contributed by atoms with van der Waals surface area (Å²) in [7, 11) is 0. The molecule has 0 bridgehead atoms. The normalized spacial score (nSPS) is 11.2. The van der Waals surface area contributed by atoms with Gasteiger partial charge in [0.2, 0.25) is 0 Å². The zero-order valence-electron chi connectivity index (χ0n) is 26.0. The standard InChI is InChI=1S/C32H44N4O6.2BrH/c1-5-35(6-2,25-27-9-13-29(14-10-27)33(37)38)21-23-41-31-17-19-32(20-18-31)42-24-22-36(7-3,8-4)26-28-11-15-30(16-12-28)34(39)40;;/h9-20H,5-8,21-26H2,1-4H3;2*1H/q+2;;/p-2. The minimum Gasteiger partial charge on any atom is -1.00 e. The van der Waals surface area contributed by atoms with E-state index in [1.54, 1.807) is 24.3 Å². The lowest BCUT2D eigenvalue weighted by atomic mass is 10.1. The van der Waals surface area contributed by atoms with E-state index in [-0.39, 0.29) is 55.2 Å². The zero-order valence-corrected chi connectivity index (χ0v) is 29.2. The maximum atomic E-state index is 11.0. The molecule has 0 heterocycles. The van der Waals surface area contributed by atoms with Crippen molar-refractivity contribution in [2.24, 2.45) is 0 Å². The molecule has 0 unspecified atom stereocenters. The second-order valence-electron chi connectivity index (χ2n) is 10.7. The van der Waals surface area contributed by atoms with Gasteiger partial charge >= 0.3 is 0 Å². The Morgan fingerprint density at radius 2 is 0.841 bits per heavy atom. The van der Waals surface area contributed by atoms with Gasteiger partial charge in [0.25, 0.3) is 11.4 Å². The van der Waals surface area contributed by atoms with Crippen LogP contribution in [0, 0.1) is 20.2 Å². The summed E-state index contributed by atoms with van der Waals surface area (Å²) in [5.41, 5.74) is 2.37. The average Bonchev–Trinajstić information content (AvgIpc) is 3.01. The smallest absolute Gasteiger partial charge is 0.269 e. The quantitative estimate of drug-likeness (QED) is 0.106. The summed E-state index contributed by atoms with van der Waals surface area (Å²) < 4.78 is 13.8. The van der Waals surface area contributed by atoms with Gasteiger partial charge in [0.1, 0.15) is 50.9 Å². The number of non-ortho nitro benzene ring substituents is 2. The van der Waals surface area contributed by atoms with Crippen molar-refractivity contribution < 1.29 is 62.2 Å². The van der Waals surface area contributed by atoms with Crippen LogP contribution in [-0.2, 0) is 13.1 Å². The fraction of sp³-hybridized carbons (Fsp3) is 0.438. The monoisotopic (exact) mass is 738 g/mol. The second-order valence-corrected chi connectivity index (χ2v) is 10.7. The molecule has 242 valence electrons. The van der Waals surface area contributed by atoms with Crippen LogP contribution in [0.4, 0.5) is 11.4 Å². The molecule has 44 heavy (non-hydrogen) atoms. The third-order valence-corrected chi connectivity index (χ3v) is 8.51. The largest absolute Gasteiger partial charge is 1.00 e. The van der Waals surface area contributed by atoms with Crippen molar-refractivity contribution in [1.29, 1.82) is 0 Å². The van der Waals surface area contributed by atoms with E-state index in [0.29, 0.717) is 13.2 Å². The number of nitrogens with zero attached hydrogens (tertiary/aromatic N) is 4. The third-order valence-electron chi connectivity index (χ3n) is 8.51. The number of rotatable bonds is 18. The summed E-state index contributed by atoms with van der Waals surface area (Å²) in [6.07, 6.45) is 0. The van der Waals surface area contributed by atoms with E-state index in [1.165, 1.54) is 0 Å². The Kier molecular flexibility index (Phi) is 16.5. The summed E-state index contributed by atoms with van der Waals surface area (Å²) in [6, 6.07) is 21.4. The Labute approximate surface area is 281 Å². The second kappa shape index (κ2) is 18.7. The molecule has 0 aliphatic carbocycles. The number of hydrogen-bond acceptors (Lipinski definition) is 6. The molecule has 0 spiro atoms. The number of nitro groups is 2. The van der Waals surface area contributed by atoms with Gasteiger partial charge in [-0.05, 0) is 76.2 Å². The van der Waals surface area contributed by atoms with Gasteiger partial charge in [-0.3, -0.25) is 20.2 Å². The van der Waals surface area contributed by atoms with Crippen molar-refractivity contribution in [2.75, 3.05) is 52.5 Å². The van der Waals surface area contributed by atoms with Crippen molar-refractivity contribution in [3.63, 3.8) is 0 Å². The van der Waals surface area contributed by atoms with E-state index < -0.39 is 0 Å². The number of quaternary nitrogens is 2. The number of ether oxygens (including phenoxy) is 2. The Bertz CT molecular complexity index is 1180.